The van der Waals surface area contributed by atoms with E-state index in [9.17, 15) is 9.50 Å². The second kappa shape index (κ2) is 7.17. The van der Waals surface area contributed by atoms with Gasteiger partial charge in [0.05, 0.1) is 18.0 Å². The van der Waals surface area contributed by atoms with Crippen LogP contribution in [0.4, 0.5) is 16.3 Å². The number of anilines is 2. The van der Waals surface area contributed by atoms with Gasteiger partial charge < -0.3 is 5.11 Å². The Morgan fingerprint density at radius 2 is 1.92 bits per heavy atom. The number of benzene rings is 1. The minimum Gasteiger partial charge on any atom is -0.392 e. The van der Waals surface area contributed by atoms with Crippen molar-refractivity contribution in [2.75, 3.05) is 11.9 Å². The lowest BCUT2D eigenvalue weighted by Gasteiger charge is -2.21. The fourth-order valence-corrected chi connectivity index (χ4v) is 2.80. The monoisotopic (exact) mass is 358 g/mol. The third-order valence-electron chi connectivity index (χ3n) is 4.14. The number of hydrogen-bond acceptors (Lipinski definition) is 6. The SMILES string of the molecule is CC(C)c1n[14c](N(C)c2ncnn2C)nc(-c2ccc(F)cc2)c1CO. The molecule has 0 saturated heterocycles. The van der Waals surface area contributed by atoms with Crippen LogP contribution in [0.2, 0.25) is 0 Å². The Kier molecular flexibility index (Phi) is 4.94. The van der Waals surface area contributed by atoms with E-state index in [4.69, 9.17) is 0 Å². The first kappa shape index (κ1) is 17.9. The topological polar surface area (TPSA) is 80.0 Å². The van der Waals surface area contributed by atoms with E-state index < -0.39 is 0 Å². The molecule has 0 aliphatic rings. The predicted octanol–water partition coefficient (Wildman–Crippen LogP) is 2.79. The third kappa shape index (κ3) is 3.28. The van der Waals surface area contributed by atoms with Gasteiger partial charge in [0.25, 0.3) is 0 Å². The van der Waals surface area contributed by atoms with E-state index in [0.29, 0.717) is 28.7 Å². The van der Waals surface area contributed by atoms with Crippen molar-refractivity contribution in [3.63, 3.8) is 0 Å². The summed E-state index contributed by atoms with van der Waals surface area (Å²) in [6, 6.07) is 6.04. The van der Waals surface area contributed by atoms with Crippen LogP contribution in [-0.4, -0.2) is 36.9 Å². The lowest BCUT2D eigenvalue weighted by molar-refractivity contribution is 0.279. The zero-order valence-corrected chi connectivity index (χ0v) is 15.2. The highest BCUT2D eigenvalue weighted by Crippen LogP contribution is 2.31. The van der Waals surface area contributed by atoms with Gasteiger partial charge >= 0.3 is 0 Å². The van der Waals surface area contributed by atoms with E-state index in [1.54, 1.807) is 35.8 Å². The fraction of sp³-hybridized carbons (Fsp3) is 0.333. The largest absolute Gasteiger partial charge is 0.392 e. The molecule has 0 saturated carbocycles. The molecule has 0 aliphatic carbocycles. The lowest BCUT2D eigenvalue weighted by Crippen LogP contribution is -2.20. The van der Waals surface area contributed by atoms with Crippen LogP contribution in [0.1, 0.15) is 31.0 Å². The smallest absolute Gasteiger partial charge is 0.232 e. The molecule has 0 spiro atoms. The summed E-state index contributed by atoms with van der Waals surface area (Å²) in [5.41, 5.74) is 2.68. The van der Waals surface area contributed by atoms with Crippen LogP contribution in [0, 0.1) is 5.82 Å². The predicted molar refractivity (Wildman–Crippen MR) is 96.5 cm³/mol. The minimum atomic E-state index is -0.325. The first-order valence-corrected chi connectivity index (χ1v) is 8.27. The molecule has 3 rings (SSSR count). The molecule has 7 nitrogen and oxygen atoms in total. The minimum absolute atomic E-state index is 0.0750. The van der Waals surface area contributed by atoms with Gasteiger partial charge in [-0.25, -0.2) is 19.0 Å². The second-order valence-electron chi connectivity index (χ2n) is 6.30. The standard InChI is InChI=1S/C18H21FN6O/c1-11(2)15-14(9-26)16(12-5-7-13(19)8-6-12)23-17(22-15)24(3)18-20-10-21-25(18)4/h5-8,10-11,26H,9H2,1-4H3/i17+2. The van der Waals surface area contributed by atoms with Crippen molar-refractivity contribution in [3.8, 4) is 11.3 Å². The van der Waals surface area contributed by atoms with Crippen LogP contribution in [0.25, 0.3) is 11.3 Å². The van der Waals surface area contributed by atoms with Gasteiger partial charge in [0.1, 0.15) is 12.1 Å². The number of aryl methyl sites for hydroxylation is 1. The van der Waals surface area contributed by atoms with Crippen LogP contribution >= 0.6 is 0 Å². The first-order chi connectivity index (χ1) is 12.4. The normalized spacial score (nSPS) is 11.2. The molecule has 0 unspecified atom stereocenters. The molecule has 0 fully saturated rings. The van der Waals surface area contributed by atoms with Crippen LogP contribution in [0.5, 0.6) is 0 Å². The molecule has 3 aromatic rings. The highest BCUT2D eigenvalue weighted by Gasteiger charge is 2.21. The maximum Gasteiger partial charge on any atom is 0.232 e. The molecular formula is C18H21FN6O. The van der Waals surface area contributed by atoms with Crippen molar-refractivity contribution in [2.24, 2.45) is 7.05 Å². The summed E-state index contributed by atoms with van der Waals surface area (Å²) in [7, 11) is 3.59. The number of aliphatic hydroxyl groups excluding tert-OH is 1. The lowest BCUT2D eigenvalue weighted by atomic mass is 10.00. The molecule has 1 aromatic carbocycles. The first-order valence-electron chi connectivity index (χ1n) is 8.27. The Hall–Kier alpha value is -2.87. The van der Waals surface area contributed by atoms with E-state index in [0.717, 1.165) is 5.69 Å². The molecule has 0 radical (unpaired) electrons. The molecule has 2 aromatic heterocycles. The number of halogens is 1. The van der Waals surface area contributed by atoms with Crippen molar-refractivity contribution >= 4 is 11.9 Å². The van der Waals surface area contributed by atoms with Gasteiger partial charge in [0.2, 0.25) is 11.9 Å². The Morgan fingerprint density at radius 1 is 1.23 bits per heavy atom. The molecular weight excluding hydrogens is 337 g/mol. The Bertz CT molecular complexity index is 907. The number of aromatic nitrogens is 5. The highest BCUT2D eigenvalue weighted by atomic mass is 19.1. The van der Waals surface area contributed by atoms with Gasteiger partial charge in [-0.15, -0.1) is 0 Å². The molecule has 1 N–H and O–H groups in total. The van der Waals surface area contributed by atoms with Gasteiger partial charge in [-0.2, -0.15) is 10.1 Å². The quantitative estimate of drug-likeness (QED) is 0.755. The van der Waals surface area contributed by atoms with Crippen LogP contribution in [0.3, 0.4) is 0 Å². The summed E-state index contributed by atoms with van der Waals surface area (Å²) in [4.78, 5) is 15.2. The molecule has 0 atom stereocenters. The van der Waals surface area contributed by atoms with Crippen molar-refractivity contribution < 1.29 is 9.50 Å². The summed E-state index contributed by atoms with van der Waals surface area (Å²) in [5.74, 6) is 0.766. The summed E-state index contributed by atoms with van der Waals surface area (Å²) in [5, 5.41) is 14.0. The molecule has 136 valence electrons. The molecule has 2 heterocycles. The van der Waals surface area contributed by atoms with Gasteiger partial charge in [-0.1, -0.05) is 13.8 Å². The zero-order valence-electron chi connectivity index (χ0n) is 15.2. The van der Waals surface area contributed by atoms with Crippen molar-refractivity contribution in [2.45, 2.75) is 26.4 Å². The van der Waals surface area contributed by atoms with E-state index in [1.165, 1.54) is 18.5 Å². The van der Waals surface area contributed by atoms with Gasteiger partial charge in [0.15, 0.2) is 0 Å². The van der Waals surface area contributed by atoms with E-state index in [2.05, 4.69) is 20.1 Å². The summed E-state index contributed by atoms with van der Waals surface area (Å²) in [6.07, 6.45) is 1.46. The Labute approximate surface area is 151 Å². The summed E-state index contributed by atoms with van der Waals surface area (Å²) in [6.45, 7) is 3.80. The zero-order chi connectivity index (χ0) is 18.8. The number of nitrogens with zero attached hydrogens (tertiary/aromatic N) is 6. The molecule has 0 amide bonds. The Morgan fingerprint density at radius 3 is 2.46 bits per heavy atom. The van der Waals surface area contributed by atoms with Gasteiger partial charge in [-0.3, -0.25) is 4.90 Å². The Balaban J connectivity index is 2.20. The number of rotatable bonds is 5. The van der Waals surface area contributed by atoms with Crippen LogP contribution in [0.15, 0.2) is 30.6 Å². The average molecular weight is 358 g/mol. The maximum atomic E-state index is 13.3. The average Bonchev–Trinajstić information content (AvgIpc) is 3.06. The fourth-order valence-electron chi connectivity index (χ4n) is 2.80. The summed E-state index contributed by atoms with van der Waals surface area (Å²) < 4.78 is 14.9. The molecule has 26 heavy (non-hydrogen) atoms. The van der Waals surface area contributed by atoms with Crippen molar-refractivity contribution in [3.05, 3.63) is 47.7 Å². The molecule has 0 bridgehead atoms. The second-order valence-corrected chi connectivity index (χ2v) is 6.30. The van der Waals surface area contributed by atoms with Crippen molar-refractivity contribution in [1.82, 2.24) is 24.7 Å². The molecule has 0 aliphatic heterocycles. The third-order valence-corrected chi connectivity index (χ3v) is 4.14. The highest BCUT2D eigenvalue weighted by molar-refractivity contribution is 5.66. The number of aliphatic hydroxyl groups is 1. The van der Waals surface area contributed by atoms with E-state index in [-0.39, 0.29) is 18.3 Å². The maximum absolute atomic E-state index is 13.3. The van der Waals surface area contributed by atoms with Crippen molar-refractivity contribution in [1.29, 1.82) is 0 Å². The van der Waals surface area contributed by atoms with E-state index in [1.807, 2.05) is 13.8 Å². The van der Waals surface area contributed by atoms with Gasteiger partial charge in [0, 0.05) is 25.2 Å². The number of hydrogen-bond donors (Lipinski definition) is 1. The summed E-state index contributed by atoms with van der Waals surface area (Å²) >= 11 is 0. The van der Waals surface area contributed by atoms with E-state index >= 15 is 0 Å². The van der Waals surface area contributed by atoms with Gasteiger partial charge in [-0.05, 0) is 30.2 Å². The van der Waals surface area contributed by atoms with Crippen LogP contribution in [-0.2, 0) is 13.7 Å². The van der Waals surface area contributed by atoms with Crippen LogP contribution < -0.4 is 4.90 Å². The molecule has 8 heteroatoms.